The highest BCUT2D eigenvalue weighted by Gasteiger charge is 2.13. The fourth-order valence-electron chi connectivity index (χ4n) is 1.42. The van der Waals surface area contributed by atoms with Crippen molar-refractivity contribution in [2.45, 2.75) is 0 Å². The number of carboxylic acid groups (broad SMARTS) is 1. The molecule has 5 heteroatoms. The second kappa shape index (κ2) is 4.63. The molecule has 17 heavy (non-hydrogen) atoms. The summed E-state index contributed by atoms with van der Waals surface area (Å²) in [5.41, 5.74) is 0.747. The first-order valence-corrected chi connectivity index (χ1v) is 5.58. The molecule has 4 nitrogen and oxygen atoms in total. The summed E-state index contributed by atoms with van der Waals surface area (Å²) in [4.78, 5) is 10.7. The predicted molar refractivity (Wildman–Crippen MR) is 65.4 cm³/mol. The predicted octanol–water partition coefficient (Wildman–Crippen LogP) is 3.42. The molecule has 1 aromatic heterocycles. The maximum Gasteiger partial charge on any atom is 0.371 e. The van der Waals surface area contributed by atoms with Crippen molar-refractivity contribution < 1.29 is 19.1 Å². The van der Waals surface area contributed by atoms with Gasteiger partial charge in [-0.05, 0) is 30.3 Å². The molecule has 0 aliphatic carbocycles. The number of halogens is 1. The van der Waals surface area contributed by atoms with E-state index >= 15 is 0 Å². The lowest BCUT2D eigenvalue weighted by atomic mass is 10.1. The van der Waals surface area contributed by atoms with E-state index in [1.807, 2.05) is 6.07 Å². The molecular weight excluding hydrogens is 288 g/mol. The minimum atomic E-state index is -1.09. The van der Waals surface area contributed by atoms with Crippen molar-refractivity contribution in [2.75, 3.05) is 7.11 Å². The van der Waals surface area contributed by atoms with E-state index in [0.29, 0.717) is 11.5 Å². The quantitative estimate of drug-likeness (QED) is 0.943. The molecule has 0 saturated heterocycles. The minimum Gasteiger partial charge on any atom is -0.497 e. The Morgan fingerprint density at radius 1 is 1.35 bits per heavy atom. The number of rotatable bonds is 3. The molecule has 2 rings (SSSR count). The Labute approximate surface area is 106 Å². The van der Waals surface area contributed by atoms with Crippen LogP contribution in [-0.2, 0) is 0 Å². The number of aromatic carboxylic acids is 1. The average Bonchev–Trinajstić information content (AvgIpc) is 2.79. The smallest absolute Gasteiger partial charge is 0.371 e. The average molecular weight is 297 g/mol. The monoisotopic (exact) mass is 296 g/mol. The van der Waals surface area contributed by atoms with E-state index in [0.717, 1.165) is 10.0 Å². The SMILES string of the molecule is COc1ccc(Br)c(-c2ccc(C(=O)O)o2)c1. The number of methoxy groups -OCH3 is 1. The molecule has 2 aromatic rings. The normalized spacial score (nSPS) is 10.2. The van der Waals surface area contributed by atoms with Crippen LogP contribution < -0.4 is 4.74 Å². The van der Waals surface area contributed by atoms with Crippen LogP contribution in [0.1, 0.15) is 10.6 Å². The van der Waals surface area contributed by atoms with Gasteiger partial charge in [0.25, 0.3) is 0 Å². The highest BCUT2D eigenvalue weighted by molar-refractivity contribution is 9.10. The molecule has 0 bridgehead atoms. The van der Waals surface area contributed by atoms with E-state index < -0.39 is 5.97 Å². The molecule has 0 fully saturated rings. The summed E-state index contributed by atoms with van der Waals surface area (Å²) in [6, 6.07) is 8.42. The largest absolute Gasteiger partial charge is 0.497 e. The van der Waals surface area contributed by atoms with Gasteiger partial charge in [-0.15, -0.1) is 0 Å². The molecule has 1 N–H and O–H groups in total. The van der Waals surface area contributed by atoms with Gasteiger partial charge in [-0.3, -0.25) is 0 Å². The first-order valence-electron chi connectivity index (χ1n) is 4.79. The van der Waals surface area contributed by atoms with Gasteiger partial charge < -0.3 is 14.3 Å². The first-order chi connectivity index (χ1) is 8.11. The van der Waals surface area contributed by atoms with Gasteiger partial charge in [0.15, 0.2) is 0 Å². The second-order valence-corrected chi connectivity index (χ2v) is 4.17. The molecule has 0 spiro atoms. The fraction of sp³-hybridized carbons (Fsp3) is 0.0833. The third-order valence-corrected chi connectivity index (χ3v) is 2.95. The molecular formula is C12H9BrO4. The summed E-state index contributed by atoms with van der Waals surface area (Å²) in [7, 11) is 1.57. The number of benzene rings is 1. The number of furan rings is 1. The summed E-state index contributed by atoms with van der Waals surface area (Å²) in [6.07, 6.45) is 0. The maximum atomic E-state index is 10.7. The molecule has 0 saturated carbocycles. The Morgan fingerprint density at radius 2 is 2.12 bits per heavy atom. The van der Waals surface area contributed by atoms with E-state index in [1.54, 1.807) is 25.3 Å². The highest BCUT2D eigenvalue weighted by Crippen LogP contribution is 2.32. The van der Waals surface area contributed by atoms with Crippen LogP contribution in [0.2, 0.25) is 0 Å². The number of hydrogen-bond acceptors (Lipinski definition) is 3. The van der Waals surface area contributed by atoms with Gasteiger partial charge in [-0.25, -0.2) is 4.79 Å². The molecule has 88 valence electrons. The van der Waals surface area contributed by atoms with Crippen molar-refractivity contribution in [2.24, 2.45) is 0 Å². The Hall–Kier alpha value is -1.75. The van der Waals surface area contributed by atoms with Gasteiger partial charge in [-0.2, -0.15) is 0 Å². The third-order valence-electron chi connectivity index (χ3n) is 2.26. The topological polar surface area (TPSA) is 59.7 Å². The fourth-order valence-corrected chi connectivity index (χ4v) is 1.86. The van der Waals surface area contributed by atoms with Crippen LogP contribution in [0.3, 0.4) is 0 Å². The van der Waals surface area contributed by atoms with Crippen LogP contribution in [0.25, 0.3) is 11.3 Å². The Bertz CT molecular complexity index is 559. The van der Waals surface area contributed by atoms with Crippen LogP contribution in [0.15, 0.2) is 39.2 Å². The van der Waals surface area contributed by atoms with Crippen molar-refractivity contribution in [1.29, 1.82) is 0 Å². The van der Waals surface area contributed by atoms with E-state index in [-0.39, 0.29) is 5.76 Å². The van der Waals surface area contributed by atoms with Crippen molar-refractivity contribution in [3.05, 3.63) is 40.6 Å². The Kier molecular flexibility index (Phi) is 3.19. The van der Waals surface area contributed by atoms with Crippen LogP contribution in [0.5, 0.6) is 5.75 Å². The van der Waals surface area contributed by atoms with Crippen LogP contribution in [0, 0.1) is 0 Å². The van der Waals surface area contributed by atoms with E-state index in [1.165, 1.54) is 6.07 Å². The Balaban J connectivity index is 2.47. The van der Waals surface area contributed by atoms with E-state index in [4.69, 9.17) is 14.3 Å². The number of carboxylic acids is 1. The molecule has 1 heterocycles. The second-order valence-electron chi connectivity index (χ2n) is 3.31. The lowest BCUT2D eigenvalue weighted by molar-refractivity contribution is 0.0663. The lowest BCUT2D eigenvalue weighted by Gasteiger charge is -2.04. The summed E-state index contributed by atoms with van der Waals surface area (Å²) >= 11 is 3.38. The van der Waals surface area contributed by atoms with Gasteiger partial charge in [0.05, 0.1) is 7.11 Å². The summed E-state index contributed by atoms with van der Waals surface area (Å²) in [5.74, 6) is -0.0189. The third kappa shape index (κ3) is 2.34. The maximum absolute atomic E-state index is 10.7. The van der Waals surface area contributed by atoms with Gasteiger partial charge in [-0.1, -0.05) is 15.9 Å². The van der Waals surface area contributed by atoms with Crippen LogP contribution in [0.4, 0.5) is 0 Å². The van der Waals surface area contributed by atoms with Gasteiger partial charge >= 0.3 is 5.97 Å². The van der Waals surface area contributed by atoms with Crippen molar-refractivity contribution in [3.8, 4) is 17.1 Å². The van der Waals surface area contributed by atoms with Crippen LogP contribution in [-0.4, -0.2) is 18.2 Å². The molecule has 0 aliphatic rings. The van der Waals surface area contributed by atoms with Crippen LogP contribution >= 0.6 is 15.9 Å². The summed E-state index contributed by atoms with van der Waals surface area (Å²) in [6.45, 7) is 0. The zero-order valence-corrected chi connectivity index (χ0v) is 10.5. The van der Waals surface area contributed by atoms with Crippen molar-refractivity contribution in [3.63, 3.8) is 0 Å². The molecule has 0 unspecified atom stereocenters. The van der Waals surface area contributed by atoms with Gasteiger partial charge in [0.2, 0.25) is 5.76 Å². The Morgan fingerprint density at radius 3 is 2.71 bits per heavy atom. The minimum absolute atomic E-state index is 0.0882. The van der Waals surface area contributed by atoms with Gasteiger partial charge in [0.1, 0.15) is 11.5 Å². The zero-order valence-electron chi connectivity index (χ0n) is 8.94. The number of ether oxygens (including phenoxy) is 1. The summed E-state index contributed by atoms with van der Waals surface area (Å²) in [5, 5.41) is 8.78. The van der Waals surface area contributed by atoms with E-state index in [2.05, 4.69) is 15.9 Å². The molecule has 0 amide bonds. The number of carbonyl (C=O) groups is 1. The molecule has 0 atom stereocenters. The number of hydrogen-bond donors (Lipinski definition) is 1. The molecule has 0 aliphatic heterocycles. The highest BCUT2D eigenvalue weighted by atomic mass is 79.9. The summed E-state index contributed by atoms with van der Waals surface area (Å²) < 4.78 is 11.1. The molecule has 1 aromatic carbocycles. The van der Waals surface area contributed by atoms with Crippen molar-refractivity contribution in [1.82, 2.24) is 0 Å². The lowest BCUT2D eigenvalue weighted by Crippen LogP contribution is -1.91. The van der Waals surface area contributed by atoms with Crippen molar-refractivity contribution >= 4 is 21.9 Å². The standard InChI is InChI=1S/C12H9BrO4/c1-16-7-2-3-9(13)8(6-7)10-4-5-11(17-10)12(14)15/h2-6H,1H3,(H,14,15). The van der Waals surface area contributed by atoms with Gasteiger partial charge in [0, 0.05) is 10.0 Å². The van der Waals surface area contributed by atoms with E-state index in [9.17, 15) is 4.79 Å². The zero-order chi connectivity index (χ0) is 12.4. The first kappa shape index (κ1) is 11.7. The molecule has 0 radical (unpaired) electrons.